The Morgan fingerprint density at radius 2 is 1.33 bits per heavy atom. The molecule has 2 N–H and O–H groups in total. The van der Waals surface area contributed by atoms with Gasteiger partial charge >= 0.3 is 0 Å². The minimum atomic E-state index is -2.15. The Bertz CT molecular complexity index is 488. The topological polar surface area (TPSA) is 29.3 Å². The number of benzene rings is 1. The van der Waals surface area contributed by atoms with E-state index in [4.69, 9.17) is 5.73 Å². The summed E-state index contributed by atoms with van der Waals surface area (Å²) in [6.45, 7) is 5.69. The molecule has 120 valence electrons. The monoisotopic (exact) mass is 310 g/mol. The zero-order valence-corrected chi connectivity index (χ0v) is 12.2. The Hall–Kier alpha value is -1.37. The molecule has 0 unspecified atom stereocenters. The first-order valence-electron chi connectivity index (χ1n) is 6.62. The van der Waals surface area contributed by atoms with E-state index in [1.807, 2.05) is 0 Å². The van der Waals surface area contributed by atoms with Gasteiger partial charge in [0.2, 0.25) is 5.82 Å². The summed E-state index contributed by atoms with van der Waals surface area (Å²) in [5.41, 5.74) is 4.14. The molecule has 7 heteroatoms. The molecule has 0 bridgehead atoms. The molecule has 0 aliphatic rings. The van der Waals surface area contributed by atoms with Gasteiger partial charge in [0, 0.05) is 13.1 Å². The second-order valence-electron chi connectivity index (χ2n) is 5.71. The largest absolute Gasteiger partial charge is 0.366 e. The molecule has 0 heterocycles. The summed E-state index contributed by atoms with van der Waals surface area (Å²) in [4.78, 5) is 1.16. The van der Waals surface area contributed by atoms with Crippen LogP contribution in [0.5, 0.6) is 0 Å². The average Bonchev–Trinajstić information content (AvgIpc) is 2.43. The maximum Gasteiger partial charge on any atom is 0.200 e. The van der Waals surface area contributed by atoms with Gasteiger partial charge in [0.25, 0.3) is 0 Å². The lowest BCUT2D eigenvalue weighted by Crippen LogP contribution is -2.40. The highest BCUT2D eigenvalue weighted by Crippen LogP contribution is 2.32. The quantitative estimate of drug-likeness (QED) is 0.494. The summed E-state index contributed by atoms with van der Waals surface area (Å²) in [7, 11) is 0. The van der Waals surface area contributed by atoms with Crippen LogP contribution >= 0.6 is 0 Å². The van der Waals surface area contributed by atoms with Gasteiger partial charge in [-0.05, 0) is 18.4 Å². The highest BCUT2D eigenvalue weighted by molar-refractivity contribution is 5.50. The molecule has 1 rings (SSSR count). The molecule has 21 heavy (non-hydrogen) atoms. The van der Waals surface area contributed by atoms with Crippen molar-refractivity contribution in [3.8, 4) is 0 Å². The summed E-state index contributed by atoms with van der Waals surface area (Å²) in [6, 6.07) is 0. The fraction of sp³-hybridized carbons (Fsp3) is 0.571. The van der Waals surface area contributed by atoms with Crippen LogP contribution in [0.25, 0.3) is 0 Å². The fourth-order valence-corrected chi connectivity index (χ4v) is 1.99. The van der Waals surface area contributed by atoms with E-state index in [1.165, 1.54) is 0 Å². The van der Waals surface area contributed by atoms with Crippen molar-refractivity contribution >= 4 is 5.69 Å². The predicted molar refractivity (Wildman–Crippen MR) is 71.6 cm³/mol. The van der Waals surface area contributed by atoms with Crippen molar-refractivity contribution in [2.45, 2.75) is 27.2 Å². The number of anilines is 1. The standard InChI is InChI=1S/C14H19F5N2/c1-4-5-21(7-14(2,3)6-20)13-11(18)9(16)8(15)10(17)12(13)19/h4-7,20H2,1-3H3. The Labute approximate surface area is 120 Å². The molecule has 0 aromatic heterocycles. The molecule has 0 spiro atoms. The molecular formula is C14H19F5N2. The van der Waals surface area contributed by atoms with E-state index in [0.717, 1.165) is 4.90 Å². The average molecular weight is 310 g/mol. The van der Waals surface area contributed by atoms with Crippen LogP contribution < -0.4 is 10.6 Å². The van der Waals surface area contributed by atoms with E-state index in [1.54, 1.807) is 20.8 Å². The normalized spacial score (nSPS) is 11.9. The van der Waals surface area contributed by atoms with Gasteiger partial charge in [-0.1, -0.05) is 20.8 Å². The Balaban J connectivity index is 3.39. The summed E-state index contributed by atoms with van der Waals surface area (Å²) in [5, 5.41) is 0. The smallest absolute Gasteiger partial charge is 0.200 e. The molecule has 0 fully saturated rings. The number of hydrogen-bond donors (Lipinski definition) is 1. The van der Waals surface area contributed by atoms with Crippen LogP contribution in [0.1, 0.15) is 27.2 Å². The summed E-state index contributed by atoms with van der Waals surface area (Å²) in [6.07, 6.45) is 0.486. The molecule has 0 aliphatic carbocycles. The summed E-state index contributed by atoms with van der Waals surface area (Å²) >= 11 is 0. The zero-order chi connectivity index (χ0) is 16.4. The van der Waals surface area contributed by atoms with Gasteiger partial charge in [0.05, 0.1) is 0 Å². The number of halogens is 5. The van der Waals surface area contributed by atoms with E-state index in [2.05, 4.69) is 0 Å². The first-order valence-corrected chi connectivity index (χ1v) is 6.62. The second-order valence-corrected chi connectivity index (χ2v) is 5.71. The maximum atomic E-state index is 13.9. The van der Waals surface area contributed by atoms with E-state index in [0.29, 0.717) is 6.42 Å². The van der Waals surface area contributed by atoms with Crippen LogP contribution in [0.2, 0.25) is 0 Å². The third-order valence-corrected chi connectivity index (χ3v) is 3.17. The van der Waals surface area contributed by atoms with Gasteiger partial charge in [0.1, 0.15) is 5.69 Å². The van der Waals surface area contributed by atoms with Crippen LogP contribution in [-0.4, -0.2) is 19.6 Å². The molecule has 0 aliphatic heterocycles. The number of nitrogens with two attached hydrogens (primary N) is 1. The lowest BCUT2D eigenvalue weighted by atomic mass is 9.92. The van der Waals surface area contributed by atoms with Crippen molar-refractivity contribution in [3.63, 3.8) is 0 Å². The minimum Gasteiger partial charge on any atom is -0.366 e. The number of rotatable bonds is 6. The van der Waals surface area contributed by atoms with Crippen molar-refractivity contribution in [2.75, 3.05) is 24.5 Å². The maximum absolute atomic E-state index is 13.9. The summed E-state index contributed by atoms with van der Waals surface area (Å²) in [5.74, 6) is -9.64. The van der Waals surface area contributed by atoms with E-state index in [9.17, 15) is 22.0 Å². The zero-order valence-electron chi connectivity index (χ0n) is 12.2. The lowest BCUT2D eigenvalue weighted by Gasteiger charge is -2.33. The Kier molecular flexibility index (Phi) is 5.55. The molecule has 1 aromatic rings. The van der Waals surface area contributed by atoms with Crippen molar-refractivity contribution in [3.05, 3.63) is 29.1 Å². The van der Waals surface area contributed by atoms with Crippen LogP contribution in [-0.2, 0) is 0 Å². The molecule has 0 amide bonds. The molecule has 0 radical (unpaired) electrons. The van der Waals surface area contributed by atoms with Crippen LogP contribution in [0, 0.1) is 34.5 Å². The summed E-state index contributed by atoms with van der Waals surface area (Å²) < 4.78 is 67.4. The van der Waals surface area contributed by atoms with E-state index >= 15 is 0 Å². The molecule has 2 nitrogen and oxygen atoms in total. The Morgan fingerprint density at radius 3 is 1.71 bits per heavy atom. The van der Waals surface area contributed by atoms with Crippen LogP contribution in [0.4, 0.5) is 27.6 Å². The van der Waals surface area contributed by atoms with Gasteiger partial charge in [-0.25, -0.2) is 22.0 Å². The Morgan fingerprint density at radius 1 is 0.905 bits per heavy atom. The molecule has 0 saturated heterocycles. The van der Waals surface area contributed by atoms with Crippen LogP contribution in [0.15, 0.2) is 0 Å². The van der Waals surface area contributed by atoms with Crippen molar-refractivity contribution in [2.24, 2.45) is 11.1 Å². The lowest BCUT2D eigenvalue weighted by molar-refractivity contribution is 0.357. The van der Waals surface area contributed by atoms with Gasteiger partial charge in [0.15, 0.2) is 23.3 Å². The SMILES string of the molecule is CCCN(CC(C)(C)CN)c1c(F)c(F)c(F)c(F)c1F. The number of hydrogen-bond acceptors (Lipinski definition) is 2. The molecule has 0 saturated carbocycles. The van der Waals surface area contributed by atoms with Gasteiger partial charge in [-0.2, -0.15) is 0 Å². The van der Waals surface area contributed by atoms with E-state index in [-0.39, 0.29) is 19.6 Å². The third kappa shape index (κ3) is 3.64. The minimum absolute atomic E-state index is 0.0791. The fourth-order valence-electron chi connectivity index (χ4n) is 1.99. The highest BCUT2D eigenvalue weighted by Gasteiger charge is 2.31. The van der Waals surface area contributed by atoms with Gasteiger partial charge in [-0.3, -0.25) is 0 Å². The highest BCUT2D eigenvalue weighted by atomic mass is 19.2. The van der Waals surface area contributed by atoms with E-state index < -0.39 is 40.2 Å². The van der Waals surface area contributed by atoms with Crippen LogP contribution in [0.3, 0.4) is 0 Å². The second kappa shape index (κ2) is 6.60. The molecule has 0 atom stereocenters. The first-order chi connectivity index (χ1) is 9.66. The number of nitrogens with zero attached hydrogens (tertiary/aromatic N) is 1. The van der Waals surface area contributed by atoms with Gasteiger partial charge < -0.3 is 10.6 Å². The third-order valence-electron chi connectivity index (χ3n) is 3.17. The van der Waals surface area contributed by atoms with Gasteiger partial charge in [-0.15, -0.1) is 0 Å². The van der Waals surface area contributed by atoms with Crippen molar-refractivity contribution < 1.29 is 22.0 Å². The van der Waals surface area contributed by atoms with Crippen molar-refractivity contribution in [1.29, 1.82) is 0 Å². The molecular weight excluding hydrogens is 291 g/mol. The first kappa shape index (κ1) is 17.7. The molecule has 1 aromatic carbocycles. The van der Waals surface area contributed by atoms with Crippen molar-refractivity contribution in [1.82, 2.24) is 0 Å². The predicted octanol–water partition coefficient (Wildman–Crippen LogP) is 3.58.